The zero-order valence-corrected chi connectivity index (χ0v) is 9.21. The minimum absolute atomic E-state index is 0.352. The first kappa shape index (κ1) is 12.9. The average Bonchev–Trinajstić information content (AvgIpc) is 2.05. The number of hydrogen-bond donors (Lipinski definition) is 2. The lowest BCUT2D eigenvalue weighted by Crippen LogP contribution is -2.35. The fraction of sp³-hybridized carbons (Fsp3) is 1.00. The molecule has 0 aromatic heterocycles. The van der Waals surface area contributed by atoms with Gasteiger partial charge in [0.1, 0.15) is 0 Å². The van der Waals surface area contributed by atoms with Crippen molar-refractivity contribution in [2.24, 2.45) is 5.73 Å². The van der Waals surface area contributed by atoms with Gasteiger partial charge in [-0.05, 0) is 46.3 Å². The standard InChI is InChI=1S/C10H24N2O/c1-4-7-12(3)8-5-6-10(2,13)9-11/h13H,4-9,11H2,1-3H3. The van der Waals surface area contributed by atoms with Gasteiger partial charge in [0.2, 0.25) is 0 Å². The third-order valence-electron chi connectivity index (χ3n) is 2.30. The minimum Gasteiger partial charge on any atom is -0.389 e. The van der Waals surface area contributed by atoms with Crippen LogP contribution in [-0.2, 0) is 0 Å². The molecule has 1 atom stereocenters. The number of aliphatic hydroxyl groups is 1. The Balaban J connectivity index is 3.44. The van der Waals surface area contributed by atoms with E-state index in [1.807, 2.05) is 0 Å². The Morgan fingerprint density at radius 2 is 2.00 bits per heavy atom. The van der Waals surface area contributed by atoms with Crippen molar-refractivity contribution < 1.29 is 5.11 Å². The molecule has 0 radical (unpaired) electrons. The number of hydrogen-bond acceptors (Lipinski definition) is 3. The van der Waals surface area contributed by atoms with Gasteiger partial charge in [-0.3, -0.25) is 0 Å². The van der Waals surface area contributed by atoms with Crippen molar-refractivity contribution in [3.8, 4) is 0 Å². The molecule has 0 saturated carbocycles. The highest BCUT2D eigenvalue weighted by Crippen LogP contribution is 2.09. The third-order valence-corrected chi connectivity index (χ3v) is 2.30. The summed E-state index contributed by atoms with van der Waals surface area (Å²) in [7, 11) is 2.11. The summed E-state index contributed by atoms with van der Waals surface area (Å²) in [5, 5.41) is 9.62. The van der Waals surface area contributed by atoms with Crippen molar-refractivity contribution in [2.45, 2.75) is 38.7 Å². The van der Waals surface area contributed by atoms with Crippen LogP contribution >= 0.6 is 0 Å². The molecule has 13 heavy (non-hydrogen) atoms. The largest absolute Gasteiger partial charge is 0.389 e. The second kappa shape index (κ2) is 6.35. The predicted octanol–water partition coefficient (Wildman–Crippen LogP) is 0.818. The van der Waals surface area contributed by atoms with Gasteiger partial charge in [-0.15, -0.1) is 0 Å². The van der Waals surface area contributed by atoms with Crippen molar-refractivity contribution in [3.05, 3.63) is 0 Å². The molecule has 3 N–H and O–H groups in total. The van der Waals surface area contributed by atoms with Crippen LogP contribution in [0.2, 0.25) is 0 Å². The zero-order valence-electron chi connectivity index (χ0n) is 9.21. The van der Waals surface area contributed by atoms with E-state index in [1.165, 1.54) is 6.42 Å². The van der Waals surface area contributed by atoms with Crippen molar-refractivity contribution >= 4 is 0 Å². The Morgan fingerprint density at radius 1 is 1.38 bits per heavy atom. The lowest BCUT2D eigenvalue weighted by Gasteiger charge is -2.22. The average molecular weight is 188 g/mol. The monoisotopic (exact) mass is 188 g/mol. The summed E-state index contributed by atoms with van der Waals surface area (Å²) in [5.41, 5.74) is 4.74. The molecule has 80 valence electrons. The molecule has 3 nitrogen and oxygen atoms in total. The van der Waals surface area contributed by atoms with Crippen LogP contribution in [-0.4, -0.2) is 42.3 Å². The van der Waals surface area contributed by atoms with Gasteiger partial charge in [0.15, 0.2) is 0 Å². The molecule has 0 amide bonds. The van der Waals surface area contributed by atoms with Crippen LogP contribution in [0.15, 0.2) is 0 Å². The van der Waals surface area contributed by atoms with Crippen LogP contribution in [0.25, 0.3) is 0 Å². The summed E-state index contributed by atoms with van der Waals surface area (Å²) in [5.74, 6) is 0. The Kier molecular flexibility index (Phi) is 6.29. The molecule has 0 rings (SSSR count). The van der Waals surface area contributed by atoms with Gasteiger partial charge >= 0.3 is 0 Å². The Labute approximate surface area is 81.9 Å². The van der Waals surface area contributed by atoms with Gasteiger partial charge in [-0.2, -0.15) is 0 Å². The highest BCUT2D eigenvalue weighted by Gasteiger charge is 2.16. The van der Waals surface area contributed by atoms with Crippen molar-refractivity contribution in [1.29, 1.82) is 0 Å². The van der Waals surface area contributed by atoms with E-state index in [-0.39, 0.29) is 0 Å². The van der Waals surface area contributed by atoms with Gasteiger partial charge in [0, 0.05) is 6.54 Å². The van der Waals surface area contributed by atoms with E-state index in [1.54, 1.807) is 6.92 Å². The maximum atomic E-state index is 9.62. The van der Waals surface area contributed by atoms with Crippen LogP contribution in [0.1, 0.15) is 33.1 Å². The van der Waals surface area contributed by atoms with E-state index < -0.39 is 5.60 Å². The molecule has 0 spiro atoms. The number of rotatable bonds is 7. The predicted molar refractivity (Wildman–Crippen MR) is 56.7 cm³/mol. The number of nitrogens with two attached hydrogens (primary N) is 1. The summed E-state index contributed by atoms with van der Waals surface area (Å²) in [4.78, 5) is 2.28. The first-order chi connectivity index (χ1) is 6.02. The first-order valence-corrected chi connectivity index (χ1v) is 5.13. The lowest BCUT2D eigenvalue weighted by atomic mass is 10.0. The van der Waals surface area contributed by atoms with E-state index in [9.17, 15) is 5.11 Å². The normalized spacial score (nSPS) is 16.2. The Bertz CT molecular complexity index is 126. The van der Waals surface area contributed by atoms with Crippen LogP contribution in [0.3, 0.4) is 0 Å². The fourth-order valence-electron chi connectivity index (χ4n) is 1.33. The number of nitrogens with zero attached hydrogens (tertiary/aromatic N) is 1. The fourth-order valence-corrected chi connectivity index (χ4v) is 1.33. The molecule has 1 unspecified atom stereocenters. The van der Waals surface area contributed by atoms with Gasteiger partial charge in [0.05, 0.1) is 5.60 Å². The van der Waals surface area contributed by atoms with E-state index in [2.05, 4.69) is 18.9 Å². The highest BCUT2D eigenvalue weighted by molar-refractivity contribution is 4.73. The molecule has 0 heterocycles. The lowest BCUT2D eigenvalue weighted by molar-refractivity contribution is 0.0552. The molecule has 3 heteroatoms. The van der Waals surface area contributed by atoms with Crippen LogP contribution in [0, 0.1) is 0 Å². The molecule has 0 aromatic rings. The maximum Gasteiger partial charge on any atom is 0.0741 e. The van der Waals surface area contributed by atoms with Crippen LogP contribution in [0.5, 0.6) is 0 Å². The van der Waals surface area contributed by atoms with Gasteiger partial charge in [-0.1, -0.05) is 6.92 Å². The smallest absolute Gasteiger partial charge is 0.0741 e. The van der Waals surface area contributed by atoms with E-state index >= 15 is 0 Å². The van der Waals surface area contributed by atoms with Crippen LogP contribution in [0.4, 0.5) is 0 Å². The topological polar surface area (TPSA) is 49.5 Å². The van der Waals surface area contributed by atoms with Gasteiger partial charge in [-0.25, -0.2) is 0 Å². The van der Waals surface area contributed by atoms with Crippen molar-refractivity contribution in [3.63, 3.8) is 0 Å². The Hall–Kier alpha value is -0.120. The summed E-state index contributed by atoms with van der Waals surface area (Å²) < 4.78 is 0. The van der Waals surface area contributed by atoms with E-state index in [4.69, 9.17) is 5.73 Å². The highest BCUT2D eigenvalue weighted by atomic mass is 16.3. The minimum atomic E-state index is -0.674. The molecule has 0 bridgehead atoms. The van der Waals surface area contributed by atoms with Gasteiger partial charge < -0.3 is 15.7 Å². The van der Waals surface area contributed by atoms with Crippen molar-refractivity contribution in [2.75, 3.05) is 26.7 Å². The molecule has 0 aromatic carbocycles. The van der Waals surface area contributed by atoms with Crippen LogP contribution < -0.4 is 5.73 Å². The molecule has 0 aliphatic heterocycles. The second-order valence-corrected chi connectivity index (χ2v) is 4.11. The summed E-state index contributed by atoms with van der Waals surface area (Å²) in [6, 6.07) is 0. The molecule has 0 saturated heterocycles. The first-order valence-electron chi connectivity index (χ1n) is 5.13. The van der Waals surface area contributed by atoms with E-state index in [0.29, 0.717) is 6.54 Å². The second-order valence-electron chi connectivity index (χ2n) is 4.11. The summed E-state index contributed by atoms with van der Waals surface area (Å²) >= 11 is 0. The molecule has 0 aliphatic carbocycles. The summed E-state index contributed by atoms with van der Waals surface area (Å²) in [6.07, 6.45) is 2.99. The SMILES string of the molecule is CCCN(C)CCCC(C)(O)CN. The van der Waals surface area contributed by atoms with Gasteiger partial charge in [0.25, 0.3) is 0 Å². The molecule has 0 aliphatic rings. The Morgan fingerprint density at radius 3 is 2.46 bits per heavy atom. The third kappa shape index (κ3) is 6.99. The molecule has 0 fully saturated rings. The molecular formula is C10H24N2O. The van der Waals surface area contributed by atoms with E-state index in [0.717, 1.165) is 25.9 Å². The summed E-state index contributed by atoms with van der Waals surface area (Å²) in [6.45, 7) is 6.50. The van der Waals surface area contributed by atoms with Crippen molar-refractivity contribution in [1.82, 2.24) is 4.90 Å². The molecular weight excluding hydrogens is 164 g/mol. The maximum absolute atomic E-state index is 9.62. The quantitative estimate of drug-likeness (QED) is 0.622. The zero-order chi connectivity index (χ0) is 10.3.